The Morgan fingerprint density at radius 1 is 1.05 bits per heavy atom. The number of hydrogen-bond acceptors (Lipinski definition) is 4. The van der Waals surface area contributed by atoms with Crippen molar-refractivity contribution in [3.63, 3.8) is 0 Å². The van der Waals surface area contributed by atoms with Gasteiger partial charge < -0.3 is 15.5 Å². The quantitative estimate of drug-likeness (QED) is 0.817. The molecule has 1 aliphatic rings. The van der Waals surface area contributed by atoms with E-state index in [-0.39, 0.29) is 0 Å². The van der Waals surface area contributed by atoms with Gasteiger partial charge in [-0.3, -0.25) is 14.3 Å². The van der Waals surface area contributed by atoms with Gasteiger partial charge in [-0.05, 0) is 6.07 Å². The van der Waals surface area contributed by atoms with E-state index in [0.717, 1.165) is 11.1 Å². The van der Waals surface area contributed by atoms with Crippen molar-refractivity contribution < 1.29 is 9.59 Å². The summed E-state index contributed by atoms with van der Waals surface area (Å²) in [6, 6.07) is 7.40. The number of anilines is 2. The number of carbonyl (C=O) groups excluding carboxylic acids is 2. The highest BCUT2D eigenvalue weighted by Crippen LogP contribution is 2.34. The maximum atomic E-state index is 12.3. The van der Waals surface area contributed by atoms with E-state index in [1.807, 2.05) is 24.3 Å². The van der Waals surface area contributed by atoms with Crippen LogP contribution in [0, 0.1) is 0 Å². The zero-order valence-corrected chi connectivity index (χ0v) is 12.5. The monoisotopic (exact) mass is 299 g/mol. The van der Waals surface area contributed by atoms with Gasteiger partial charge in [0.25, 0.3) is 0 Å². The van der Waals surface area contributed by atoms with Crippen molar-refractivity contribution in [1.29, 1.82) is 0 Å². The molecule has 0 unspecified atom stereocenters. The lowest BCUT2D eigenvalue weighted by atomic mass is 10.0. The largest absolute Gasteiger partial charge is 0.383 e. The minimum atomic E-state index is -0.524. The van der Waals surface area contributed by atoms with Crippen molar-refractivity contribution in [3.05, 3.63) is 30.5 Å². The lowest BCUT2D eigenvalue weighted by molar-refractivity contribution is -0.145. The highest BCUT2D eigenvalue weighted by molar-refractivity contribution is 6.41. The van der Waals surface area contributed by atoms with Crippen molar-refractivity contribution in [3.8, 4) is 11.1 Å². The van der Waals surface area contributed by atoms with Crippen LogP contribution in [0.25, 0.3) is 11.1 Å². The summed E-state index contributed by atoms with van der Waals surface area (Å²) < 4.78 is 1.57. The molecule has 1 aliphatic heterocycles. The summed E-state index contributed by atoms with van der Waals surface area (Å²) in [4.78, 5) is 27.1. The average Bonchev–Trinajstić information content (AvgIpc) is 2.85. The first kappa shape index (κ1) is 14.1. The number of nitrogen functional groups attached to an aromatic ring is 1. The lowest BCUT2D eigenvalue weighted by Gasteiger charge is -2.32. The number of piperazine rings is 1. The third-order valence-electron chi connectivity index (χ3n) is 3.90. The van der Waals surface area contributed by atoms with E-state index >= 15 is 0 Å². The topological polar surface area (TPSA) is 84.5 Å². The van der Waals surface area contributed by atoms with E-state index < -0.39 is 11.8 Å². The van der Waals surface area contributed by atoms with Gasteiger partial charge >= 0.3 is 11.8 Å². The highest BCUT2D eigenvalue weighted by atomic mass is 16.2. The SMILES string of the molecule is CN1CCN(c2ccccc2-c2cnn(C)c2N)C(=O)C1=O. The molecule has 7 heteroatoms. The fourth-order valence-corrected chi connectivity index (χ4v) is 2.55. The Bertz CT molecular complexity index is 752. The summed E-state index contributed by atoms with van der Waals surface area (Å²) in [5.41, 5.74) is 8.25. The summed E-state index contributed by atoms with van der Waals surface area (Å²) in [7, 11) is 3.38. The van der Waals surface area contributed by atoms with Crippen LogP contribution < -0.4 is 10.6 Å². The van der Waals surface area contributed by atoms with Gasteiger partial charge in [0.15, 0.2) is 0 Å². The van der Waals surface area contributed by atoms with Gasteiger partial charge in [-0.15, -0.1) is 0 Å². The van der Waals surface area contributed by atoms with Gasteiger partial charge in [0.2, 0.25) is 0 Å². The molecular formula is C15H17N5O2. The van der Waals surface area contributed by atoms with Gasteiger partial charge in [0.05, 0.1) is 11.9 Å². The van der Waals surface area contributed by atoms with E-state index in [4.69, 9.17) is 5.73 Å². The van der Waals surface area contributed by atoms with E-state index in [1.54, 1.807) is 25.0 Å². The van der Waals surface area contributed by atoms with Crippen LogP contribution in [0.1, 0.15) is 0 Å². The molecule has 3 rings (SSSR count). The molecule has 1 aromatic heterocycles. The molecule has 2 aromatic rings. The molecule has 114 valence electrons. The minimum Gasteiger partial charge on any atom is -0.383 e. The number of hydrogen-bond donors (Lipinski definition) is 1. The van der Waals surface area contributed by atoms with E-state index in [2.05, 4.69) is 5.10 Å². The Hall–Kier alpha value is -2.83. The minimum absolute atomic E-state index is 0.457. The molecule has 1 aromatic carbocycles. The summed E-state index contributed by atoms with van der Waals surface area (Å²) in [6.07, 6.45) is 1.66. The van der Waals surface area contributed by atoms with Crippen molar-refractivity contribution in [2.45, 2.75) is 0 Å². The van der Waals surface area contributed by atoms with Crippen molar-refractivity contribution >= 4 is 23.3 Å². The van der Waals surface area contributed by atoms with Crippen LogP contribution in [0.4, 0.5) is 11.5 Å². The maximum absolute atomic E-state index is 12.3. The summed E-state index contributed by atoms with van der Waals surface area (Å²) in [6.45, 7) is 0.958. The number of amides is 2. The molecule has 0 radical (unpaired) electrons. The second kappa shape index (κ2) is 5.18. The van der Waals surface area contributed by atoms with Gasteiger partial charge in [-0.25, -0.2) is 0 Å². The predicted octanol–water partition coefficient (Wildman–Crippen LogP) is 0.474. The number of nitrogens with zero attached hydrogens (tertiary/aromatic N) is 4. The van der Waals surface area contributed by atoms with Crippen molar-refractivity contribution in [2.24, 2.45) is 7.05 Å². The third-order valence-corrected chi connectivity index (χ3v) is 3.90. The molecule has 0 atom stereocenters. The third kappa shape index (κ3) is 2.11. The summed E-state index contributed by atoms with van der Waals surface area (Å²) in [5.74, 6) is -0.510. The Kier molecular flexibility index (Phi) is 3.32. The number of likely N-dealkylation sites (N-methyl/N-ethyl adjacent to an activating group) is 1. The molecule has 2 N–H and O–H groups in total. The molecule has 22 heavy (non-hydrogen) atoms. The first-order valence-electron chi connectivity index (χ1n) is 6.94. The van der Waals surface area contributed by atoms with Crippen LogP contribution in [0.3, 0.4) is 0 Å². The van der Waals surface area contributed by atoms with Crippen LogP contribution in [0.5, 0.6) is 0 Å². The van der Waals surface area contributed by atoms with Crippen LogP contribution in [-0.4, -0.2) is 46.6 Å². The summed E-state index contributed by atoms with van der Waals surface area (Å²) in [5, 5.41) is 4.14. The number of aryl methyl sites for hydroxylation is 1. The Labute approximate surface area is 127 Å². The van der Waals surface area contributed by atoms with Gasteiger partial charge in [0.1, 0.15) is 5.82 Å². The predicted molar refractivity (Wildman–Crippen MR) is 83.0 cm³/mol. The first-order chi connectivity index (χ1) is 10.5. The zero-order chi connectivity index (χ0) is 15.9. The molecule has 2 heterocycles. The Balaban J connectivity index is 2.08. The van der Waals surface area contributed by atoms with Crippen LogP contribution in [0.2, 0.25) is 0 Å². The van der Waals surface area contributed by atoms with Gasteiger partial charge in [-0.2, -0.15) is 5.10 Å². The van der Waals surface area contributed by atoms with E-state index in [0.29, 0.717) is 24.6 Å². The second-order valence-electron chi connectivity index (χ2n) is 5.27. The molecular weight excluding hydrogens is 282 g/mol. The number of aromatic nitrogens is 2. The van der Waals surface area contributed by atoms with Crippen molar-refractivity contribution in [2.75, 3.05) is 30.8 Å². The molecule has 0 bridgehead atoms. The molecule has 1 fully saturated rings. The smallest absolute Gasteiger partial charge is 0.316 e. The second-order valence-corrected chi connectivity index (χ2v) is 5.27. The Morgan fingerprint density at radius 3 is 2.45 bits per heavy atom. The van der Waals surface area contributed by atoms with Crippen LogP contribution in [-0.2, 0) is 16.6 Å². The molecule has 0 aliphatic carbocycles. The van der Waals surface area contributed by atoms with E-state index in [9.17, 15) is 9.59 Å². The normalized spacial score (nSPS) is 15.5. The van der Waals surface area contributed by atoms with Crippen LogP contribution >= 0.6 is 0 Å². The van der Waals surface area contributed by atoms with E-state index in [1.165, 1.54) is 9.80 Å². The zero-order valence-electron chi connectivity index (χ0n) is 12.5. The number of rotatable bonds is 2. The van der Waals surface area contributed by atoms with Gasteiger partial charge in [0, 0.05) is 38.3 Å². The molecule has 7 nitrogen and oxygen atoms in total. The molecule has 1 saturated heterocycles. The fraction of sp³-hybridized carbons (Fsp3) is 0.267. The van der Waals surface area contributed by atoms with Gasteiger partial charge in [-0.1, -0.05) is 18.2 Å². The molecule has 0 saturated carbocycles. The average molecular weight is 299 g/mol. The highest BCUT2D eigenvalue weighted by Gasteiger charge is 2.32. The van der Waals surface area contributed by atoms with Crippen LogP contribution in [0.15, 0.2) is 30.5 Å². The maximum Gasteiger partial charge on any atom is 0.316 e. The van der Waals surface area contributed by atoms with Crippen molar-refractivity contribution in [1.82, 2.24) is 14.7 Å². The number of carbonyl (C=O) groups is 2. The Morgan fingerprint density at radius 2 is 1.77 bits per heavy atom. The fourth-order valence-electron chi connectivity index (χ4n) is 2.55. The number of nitrogens with two attached hydrogens (primary N) is 1. The molecule has 2 amide bonds. The number of para-hydroxylation sites is 1. The molecule has 0 spiro atoms. The number of benzene rings is 1. The summed E-state index contributed by atoms with van der Waals surface area (Å²) >= 11 is 0. The first-order valence-corrected chi connectivity index (χ1v) is 6.94. The lowest BCUT2D eigenvalue weighted by Crippen LogP contribution is -2.53. The standard InChI is InChI=1S/C15H17N5O2/c1-18-7-8-20(15(22)14(18)21)12-6-4-3-5-10(12)11-9-17-19(2)13(11)16/h3-6,9H,7-8,16H2,1-2H3.